The molecule has 206 valence electrons. The number of carbonyl (C=O) groups excluding carboxylic acids is 3. The van der Waals surface area contributed by atoms with E-state index >= 15 is 0 Å². The number of rotatable bonds is 13. The molecule has 0 saturated carbocycles. The molecule has 3 aliphatic heterocycles. The van der Waals surface area contributed by atoms with Crippen LogP contribution in [0, 0.1) is 11.8 Å². The fourth-order valence-corrected chi connectivity index (χ4v) is 8.82. The zero-order chi connectivity index (χ0) is 27.4. The quantitative estimate of drug-likeness (QED) is 0.304. The number of thioether (sulfide) groups is 1. The third kappa shape index (κ3) is 4.81. The Bertz CT molecular complexity index is 1050. The van der Waals surface area contributed by atoms with E-state index in [4.69, 9.17) is 0 Å². The Hall–Kier alpha value is -2.58. The van der Waals surface area contributed by atoms with E-state index in [0.29, 0.717) is 26.1 Å². The summed E-state index contributed by atoms with van der Waals surface area (Å²) >= 11 is 1.66. The van der Waals surface area contributed by atoms with Crippen LogP contribution in [-0.2, 0) is 14.4 Å². The van der Waals surface area contributed by atoms with Gasteiger partial charge in [-0.15, -0.1) is 24.9 Å². The molecule has 3 aliphatic rings. The number of hydrogen-bond acceptors (Lipinski definition) is 5. The number of carbonyl (C=O) groups is 3. The molecule has 2 unspecified atom stereocenters. The first-order valence-corrected chi connectivity index (χ1v) is 14.7. The van der Waals surface area contributed by atoms with Gasteiger partial charge in [0, 0.05) is 30.6 Å². The van der Waals surface area contributed by atoms with Gasteiger partial charge in [-0.25, -0.2) is 0 Å². The van der Waals surface area contributed by atoms with Gasteiger partial charge >= 0.3 is 0 Å². The molecule has 0 radical (unpaired) electrons. The van der Waals surface area contributed by atoms with Crippen molar-refractivity contribution >= 4 is 35.2 Å². The maximum absolute atomic E-state index is 14.2. The molecule has 8 heteroatoms. The highest BCUT2D eigenvalue weighted by Crippen LogP contribution is 2.67. The normalized spacial score (nSPS) is 28.2. The summed E-state index contributed by atoms with van der Waals surface area (Å²) in [6.07, 6.45) is 7.86. The summed E-state index contributed by atoms with van der Waals surface area (Å²) in [6.45, 7) is 12.7. The number of likely N-dealkylation sites (tertiary alicyclic amines) is 1. The van der Waals surface area contributed by atoms with Gasteiger partial charge in [-0.05, 0) is 38.3 Å². The van der Waals surface area contributed by atoms with Gasteiger partial charge in [0.05, 0.1) is 29.2 Å². The fraction of sp³-hybridized carbons (Fsp3) is 0.567. The molecule has 2 bridgehead atoms. The molecule has 1 aromatic rings. The first-order chi connectivity index (χ1) is 18.4. The van der Waals surface area contributed by atoms with E-state index in [1.807, 2.05) is 35.2 Å². The average Bonchev–Trinajstić information content (AvgIpc) is 3.58. The van der Waals surface area contributed by atoms with Crippen molar-refractivity contribution in [1.82, 2.24) is 9.80 Å². The van der Waals surface area contributed by atoms with Crippen molar-refractivity contribution < 1.29 is 19.5 Å². The third-order valence-corrected chi connectivity index (χ3v) is 10.3. The largest absolute Gasteiger partial charge is 0.394 e. The summed E-state index contributed by atoms with van der Waals surface area (Å²) in [5, 5.41) is 10.1. The van der Waals surface area contributed by atoms with Crippen LogP contribution in [-0.4, -0.2) is 80.9 Å². The third-order valence-electron chi connectivity index (χ3n) is 8.33. The Morgan fingerprint density at radius 2 is 1.89 bits per heavy atom. The Labute approximate surface area is 230 Å². The van der Waals surface area contributed by atoms with E-state index in [2.05, 4.69) is 20.1 Å². The average molecular weight is 540 g/mol. The summed E-state index contributed by atoms with van der Waals surface area (Å²) in [5.41, 5.74) is 0.769. The lowest BCUT2D eigenvalue weighted by Crippen LogP contribution is -2.57. The first-order valence-electron chi connectivity index (χ1n) is 13.8. The lowest BCUT2D eigenvalue weighted by atomic mass is 9.70. The number of benzene rings is 1. The van der Waals surface area contributed by atoms with Crippen molar-refractivity contribution in [3.8, 4) is 0 Å². The maximum Gasteiger partial charge on any atom is 0.247 e. The maximum atomic E-state index is 14.2. The van der Waals surface area contributed by atoms with Crippen LogP contribution >= 0.6 is 11.8 Å². The number of amides is 3. The van der Waals surface area contributed by atoms with Gasteiger partial charge in [-0.2, -0.15) is 0 Å². The van der Waals surface area contributed by atoms with Gasteiger partial charge in [-0.3, -0.25) is 14.4 Å². The minimum absolute atomic E-state index is 0.0256. The molecule has 3 heterocycles. The van der Waals surface area contributed by atoms with Gasteiger partial charge in [0.15, 0.2) is 0 Å². The second-order valence-corrected chi connectivity index (χ2v) is 12.3. The molecule has 0 aliphatic carbocycles. The number of para-hydroxylation sites is 1. The van der Waals surface area contributed by atoms with Crippen molar-refractivity contribution in [3.63, 3.8) is 0 Å². The van der Waals surface area contributed by atoms with Crippen LogP contribution < -0.4 is 4.90 Å². The van der Waals surface area contributed by atoms with Gasteiger partial charge in [0.1, 0.15) is 6.04 Å². The van der Waals surface area contributed by atoms with Gasteiger partial charge < -0.3 is 19.8 Å². The van der Waals surface area contributed by atoms with Crippen molar-refractivity contribution in [1.29, 1.82) is 0 Å². The molecule has 3 fully saturated rings. The molecule has 1 N–H and O–H groups in total. The number of hydrogen-bond donors (Lipinski definition) is 1. The van der Waals surface area contributed by atoms with Crippen molar-refractivity contribution in [2.24, 2.45) is 11.8 Å². The monoisotopic (exact) mass is 539 g/mol. The van der Waals surface area contributed by atoms with Crippen molar-refractivity contribution in [2.45, 2.75) is 68.0 Å². The lowest BCUT2D eigenvalue weighted by Gasteiger charge is -2.39. The highest BCUT2D eigenvalue weighted by Gasteiger charge is 2.74. The highest BCUT2D eigenvalue weighted by molar-refractivity contribution is 8.02. The molecule has 7 nitrogen and oxygen atoms in total. The molecular weight excluding hydrogens is 498 g/mol. The number of anilines is 1. The first kappa shape index (κ1) is 28.4. The van der Waals surface area contributed by atoms with E-state index in [9.17, 15) is 19.5 Å². The summed E-state index contributed by atoms with van der Waals surface area (Å²) in [7, 11) is 0. The number of fused-ring (bicyclic) bond motifs is 1. The standard InChI is InChI=1S/C30H41N3O4S/c1-5-8-12-19-31(17-6-2)29(37)26-30-16-15-23(38-30)24(25(30)28(36)33(26)21(4)20-34)27(35)32(18-7-3)22-13-10-9-11-14-22/h6-7,9-11,13-14,21,23-26,34H,2-3,5,8,12,15-20H2,1,4H3/t21-,23-,24+,25+,26?,30?/m1/s1. The predicted molar refractivity (Wildman–Crippen MR) is 153 cm³/mol. The Morgan fingerprint density at radius 1 is 1.18 bits per heavy atom. The van der Waals surface area contributed by atoms with Gasteiger partial charge in [0.2, 0.25) is 17.7 Å². The van der Waals surface area contributed by atoms with Crippen LogP contribution in [0.15, 0.2) is 55.6 Å². The summed E-state index contributed by atoms with van der Waals surface area (Å²) in [6, 6.07) is 8.24. The van der Waals surface area contributed by atoms with E-state index in [-0.39, 0.29) is 29.6 Å². The minimum atomic E-state index is -0.707. The molecule has 0 aromatic heterocycles. The number of aliphatic hydroxyl groups excluding tert-OH is 1. The van der Waals surface area contributed by atoms with Gasteiger partial charge in [0.25, 0.3) is 0 Å². The molecule has 1 aromatic carbocycles. The van der Waals surface area contributed by atoms with Gasteiger partial charge in [-0.1, -0.05) is 50.1 Å². The molecule has 3 saturated heterocycles. The topological polar surface area (TPSA) is 81.2 Å². The molecule has 6 atom stereocenters. The molecule has 4 rings (SSSR count). The van der Waals surface area contributed by atoms with E-state index < -0.39 is 28.7 Å². The van der Waals surface area contributed by atoms with Crippen molar-refractivity contribution in [2.75, 3.05) is 31.1 Å². The zero-order valence-corrected chi connectivity index (χ0v) is 23.4. The smallest absolute Gasteiger partial charge is 0.247 e. The summed E-state index contributed by atoms with van der Waals surface area (Å²) in [4.78, 5) is 47.7. The predicted octanol–water partition coefficient (Wildman–Crippen LogP) is 3.88. The fourth-order valence-electron chi connectivity index (χ4n) is 6.63. The number of aliphatic hydroxyl groups is 1. The van der Waals surface area contributed by atoms with Crippen LogP contribution in [0.1, 0.15) is 46.0 Å². The number of nitrogens with zero attached hydrogens (tertiary/aromatic N) is 3. The SMILES string of the molecule is C=CCN(CCCCC)C(=O)C1N([C@H](C)CO)C(=O)[C@@H]2[C@@H](C(=O)N(CC=C)c3ccccc3)[C@H]3CCC12S3. The number of unbranched alkanes of at least 4 members (excludes halogenated alkanes) is 2. The minimum Gasteiger partial charge on any atom is -0.394 e. The van der Waals surface area contributed by atoms with Crippen LogP contribution in [0.3, 0.4) is 0 Å². The Kier molecular flexibility index (Phi) is 9.04. The van der Waals surface area contributed by atoms with E-state index in [1.165, 1.54) is 0 Å². The second kappa shape index (κ2) is 12.1. The van der Waals surface area contributed by atoms with E-state index in [0.717, 1.165) is 31.4 Å². The second-order valence-electron chi connectivity index (χ2n) is 10.7. The van der Waals surface area contributed by atoms with E-state index in [1.54, 1.807) is 40.6 Å². The Balaban J connectivity index is 1.72. The van der Waals surface area contributed by atoms with Crippen LogP contribution in [0.25, 0.3) is 0 Å². The van der Waals surface area contributed by atoms with Crippen molar-refractivity contribution in [3.05, 3.63) is 55.6 Å². The Morgan fingerprint density at radius 3 is 2.53 bits per heavy atom. The van der Waals surface area contributed by atoms with Crippen LogP contribution in [0.2, 0.25) is 0 Å². The van der Waals surface area contributed by atoms with Crippen LogP contribution in [0.5, 0.6) is 0 Å². The molecule has 3 amide bonds. The molecule has 1 spiro atoms. The molecular formula is C30H41N3O4S. The summed E-state index contributed by atoms with van der Waals surface area (Å²) < 4.78 is -0.677. The summed E-state index contributed by atoms with van der Waals surface area (Å²) in [5.74, 6) is -1.50. The highest BCUT2D eigenvalue weighted by atomic mass is 32.2. The lowest BCUT2D eigenvalue weighted by molar-refractivity contribution is -0.145. The molecule has 38 heavy (non-hydrogen) atoms. The zero-order valence-electron chi connectivity index (χ0n) is 22.6. The van der Waals surface area contributed by atoms with Crippen LogP contribution in [0.4, 0.5) is 5.69 Å².